The highest BCUT2D eigenvalue weighted by Gasteiger charge is 2.26. The monoisotopic (exact) mass is 481 g/mol. The maximum Gasteiger partial charge on any atom is 0.243 e. The zero-order valence-electron chi connectivity index (χ0n) is 17.6. The fraction of sp³-hybridized carbons (Fsp3) is 0.200. The molecule has 2 heterocycles. The van der Waals surface area contributed by atoms with Crippen molar-refractivity contribution < 1.29 is 14.3 Å². The summed E-state index contributed by atoms with van der Waals surface area (Å²) in [4.78, 5) is 13.8. The number of nitrogens with one attached hydrogen (secondary N) is 1. The molecular weight excluding hydrogens is 461 g/mol. The number of phenols is 1. The molecule has 8 heteroatoms. The number of benzene rings is 3. The fourth-order valence-electron chi connectivity index (χ4n) is 4.52. The van der Waals surface area contributed by atoms with E-state index >= 15 is 4.39 Å². The van der Waals surface area contributed by atoms with E-state index in [1.807, 2.05) is 24.3 Å². The van der Waals surface area contributed by atoms with Gasteiger partial charge in [0.1, 0.15) is 16.3 Å². The molecule has 0 unspecified atom stereocenters. The number of carbonyl (C=O) groups excluding carboxylic acids is 1. The second-order valence-corrected chi connectivity index (χ2v) is 9.30. The Kier molecular flexibility index (Phi) is 5.68. The smallest absolute Gasteiger partial charge is 0.243 e. The van der Waals surface area contributed by atoms with E-state index in [4.69, 9.17) is 11.6 Å². The predicted molar refractivity (Wildman–Crippen MR) is 133 cm³/mol. The number of aromatic hydroxyl groups is 1. The van der Waals surface area contributed by atoms with Crippen molar-refractivity contribution in [3.63, 3.8) is 0 Å². The summed E-state index contributed by atoms with van der Waals surface area (Å²) in [6.07, 6.45) is 3.03. The van der Waals surface area contributed by atoms with Crippen molar-refractivity contribution in [2.24, 2.45) is 0 Å². The third kappa shape index (κ3) is 3.92. The number of fused-ring (bicyclic) bond motifs is 2. The molecular formula is C25H21ClFN3O2S. The third-order valence-corrected chi connectivity index (χ3v) is 7.23. The van der Waals surface area contributed by atoms with Gasteiger partial charge in [0.2, 0.25) is 5.91 Å². The van der Waals surface area contributed by atoms with Crippen LogP contribution in [-0.4, -0.2) is 34.5 Å². The topological polar surface area (TPSA) is 65.5 Å². The van der Waals surface area contributed by atoms with Crippen molar-refractivity contribution in [3.8, 4) is 16.9 Å². The van der Waals surface area contributed by atoms with E-state index in [1.165, 1.54) is 23.7 Å². The molecule has 5 nitrogen and oxygen atoms in total. The van der Waals surface area contributed by atoms with Crippen LogP contribution in [0.4, 0.5) is 9.39 Å². The number of piperidine rings is 1. The molecule has 2 N–H and O–H groups in total. The Labute approximate surface area is 199 Å². The lowest BCUT2D eigenvalue weighted by Gasteiger charge is -2.33. The number of rotatable bonds is 4. The van der Waals surface area contributed by atoms with Gasteiger partial charge in [-0.15, -0.1) is 0 Å². The highest BCUT2D eigenvalue weighted by Crippen LogP contribution is 2.44. The Balaban J connectivity index is 1.59. The lowest BCUT2D eigenvalue weighted by molar-refractivity contribution is -0.117. The molecule has 1 aromatic heterocycles. The fourth-order valence-corrected chi connectivity index (χ4v) is 5.70. The summed E-state index contributed by atoms with van der Waals surface area (Å²) in [5.74, 6) is -0.670. The summed E-state index contributed by atoms with van der Waals surface area (Å²) in [6.45, 7) is 4.90. The molecule has 168 valence electrons. The van der Waals surface area contributed by atoms with E-state index in [2.05, 4.69) is 21.2 Å². The molecule has 1 aliphatic heterocycles. The van der Waals surface area contributed by atoms with Crippen molar-refractivity contribution in [2.75, 3.05) is 18.0 Å². The van der Waals surface area contributed by atoms with Crippen LogP contribution in [0.3, 0.4) is 0 Å². The van der Waals surface area contributed by atoms with Crippen LogP contribution in [0.15, 0.2) is 55.1 Å². The average molecular weight is 482 g/mol. The quantitative estimate of drug-likeness (QED) is 0.357. The second kappa shape index (κ2) is 8.65. The van der Waals surface area contributed by atoms with Gasteiger partial charge in [-0.2, -0.15) is 4.37 Å². The van der Waals surface area contributed by atoms with Crippen LogP contribution in [0, 0.1) is 5.82 Å². The first-order valence-corrected chi connectivity index (χ1v) is 11.8. The second-order valence-electron chi connectivity index (χ2n) is 8.14. The van der Waals surface area contributed by atoms with Gasteiger partial charge in [-0.25, -0.2) is 4.39 Å². The summed E-state index contributed by atoms with van der Waals surface area (Å²) >= 11 is 7.87. The van der Waals surface area contributed by atoms with Crippen molar-refractivity contribution in [2.45, 2.75) is 18.9 Å². The Bertz CT molecular complexity index is 1400. The molecule has 1 aliphatic rings. The van der Waals surface area contributed by atoms with E-state index < -0.39 is 5.82 Å². The van der Waals surface area contributed by atoms with Gasteiger partial charge in [0.15, 0.2) is 5.82 Å². The predicted octanol–water partition coefficient (Wildman–Crippen LogP) is 5.89. The summed E-state index contributed by atoms with van der Waals surface area (Å²) < 4.78 is 20.3. The zero-order chi connectivity index (χ0) is 23.1. The Morgan fingerprint density at radius 3 is 2.94 bits per heavy atom. The number of carbonyl (C=O) groups is 1. The van der Waals surface area contributed by atoms with Crippen LogP contribution in [0.2, 0.25) is 5.02 Å². The largest absolute Gasteiger partial charge is 0.508 e. The average Bonchev–Trinajstić information content (AvgIpc) is 3.23. The minimum atomic E-state index is -0.510. The summed E-state index contributed by atoms with van der Waals surface area (Å²) in [5.41, 5.74) is 0.997. The van der Waals surface area contributed by atoms with Crippen LogP contribution in [-0.2, 0) is 4.79 Å². The van der Waals surface area contributed by atoms with E-state index in [-0.39, 0.29) is 33.8 Å². The van der Waals surface area contributed by atoms with Crippen LogP contribution < -0.4 is 10.2 Å². The first kappa shape index (κ1) is 21.7. The molecule has 0 radical (unpaired) electrons. The number of hydrogen-bond acceptors (Lipinski definition) is 5. The summed E-state index contributed by atoms with van der Waals surface area (Å²) in [7, 11) is 0. The van der Waals surface area contributed by atoms with Crippen LogP contribution in [0.5, 0.6) is 5.75 Å². The molecule has 1 saturated heterocycles. The number of phenolic OH excluding ortho intramolecular Hbond substituents is 1. The Morgan fingerprint density at radius 1 is 1.30 bits per heavy atom. The van der Waals surface area contributed by atoms with Gasteiger partial charge in [-0.1, -0.05) is 42.4 Å². The van der Waals surface area contributed by atoms with E-state index in [9.17, 15) is 9.90 Å². The number of anilines is 1. The van der Waals surface area contributed by atoms with Crippen LogP contribution >= 0.6 is 23.1 Å². The maximum atomic E-state index is 15.8. The van der Waals surface area contributed by atoms with Gasteiger partial charge < -0.3 is 15.3 Å². The highest BCUT2D eigenvalue weighted by molar-refractivity contribution is 7.11. The van der Waals surface area contributed by atoms with Crippen LogP contribution in [0.25, 0.3) is 32.8 Å². The molecule has 0 spiro atoms. The molecule has 1 fully saturated rings. The van der Waals surface area contributed by atoms with Gasteiger partial charge in [-0.3, -0.25) is 4.79 Å². The Hall–Kier alpha value is -3.16. The van der Waals surface area contributed by atoms with E-state index in [1.54, 1.807) is 12.1 Å². The SMILES string of the molecule is C=CC(=O)N[C@@H]1CCCN(c2snc3c(F)c(-c4cc(O)cc5ccccc45)c(Cl)cc23)C1. The van der Waals surface area contributed by atoms with Gasteiger partial charge in [-0.05, 0) is 65.0 Å². The van der Waals surface area contributed by atoms with Gasteiger partial charge >= 0.3 is 0 Å². The molecule has 33 heavy (non-hydrogen) atoms. The molecule has 4 aromatic rings. The first-order chi connectivity index (χ1) is 16.0. The van der Waals surface area contributed by atoms with Crippen molar-refractivity contribution in [3.05, 3.63) is 66.0 Å². The van der Waals surface area contributed by atoms with Crippen molar-refractivity contribution in [1.82, 2.24) is 9.69 Å². The highest BCUT2D eigenvalue weighted by atomic mass is 35.5. The zero-order valence-corrected chi connectivity index (χ0v) is 19.2. The van der Waals surface area contributed by atoms with E-state index in [0.29, 0.717) is 17.5 Å². The number of halogens is 2. The van der Waals surface area contributed by atoms with Crippen molar-refractivity contribution >= 4 is 55.7 Å². The molecule has 5 rings (SSSR count). The molecule has 0 saturated carbocycles. The minimum absolute atomic E-state index is 0.0142. The summed E-state index contributed by atoms with van der Waals surface area (Å²) in [5, 5.41) is 16.5. The number of amides is 1. The minimum Gasteiger partial charge on any atom is -0.508 e. The molecule has 1 amide bonds. The normalized spacial score (nSPS) is 16.3. The Morgan fingerprint density at radius 2 is 2.12 bits per heavy atom. The van der Waals surface area contributed by atoms with Gasteiger partial charge in [0.05, 0.1) is 5.02 Å². The van der Waals surface area contributed by atoms with Gasteiger partial charge in [0, 0.05) is 30.1 Å². The molecule has 0 bridgehead atoms. The maximum absolute atomic E-state index is 15.8. The number of nitrogens with zero attached hydrogens (tertiary/aromatic N) is 2. The van der Waals surface area contributed by atoms with Crippen LogP contribution in [0.1, 0.15) is 12.8 Å². The number of hydrogen-bond donors (Lipinski definition) is 2. The standard InChI is InChI=1S/C25H21ClFN3O2S/c1-2-21(32)28-15-7-5-9-30(13-15)25-19-12-20(26)22(23(27)24(19)29-33-25)18-11-16(31)10-14-6-3-4-8-17(14)18/h2-4,6,8,10-12,15,31H,1,5,7,9,13H2,(H,28,32)/t15-/m1/s1. The molecule has 3 aromatic carbocycles. The number of aromatic nitrogens is 1. The third-order valence-electron chi connectivity index (χ3n) is 6.00. The lowest BCUT2D eigenvalue weighted by Crippen LogP contribution is -2.47. The first-order valence-electron chi connectivity index (χ1n) is 10.6. The molecule has 1 atom stereocenters. The van der Waals surface area contributed by atoms with E-state index in [0.717, 1.165) is 35.2 Å². The summed E-state index contributed by atoms with van der Waals surface area (Å²) in [6, 6.07) is 12.4. The van der Waals surface area contributed by atoms with Gasteiger partial charge in [0.25, 0.3) is 0 Å². The van der Waals surface area contributed by atoms with Crippen molar-refractivity contribution in [1.29, 1.82) is 0 Å². The molecule has 0 aliphatic carbocycles. The lowest BCUT2D eigenvalue weighted by atomic mass is 9.96.